The van der Waals surface area contributed by atoms with Crippen molar-refractivity contribution >= 4 is 0 Å². The summed E-state index contributed by atoms with van der Waals surface area (Å²) in [5.41, 5.74) is 1.21. The van der Waals surface area contributed by atoms with Crippen molar-refractivity contribution in [2.45, 2.75) is 87.6 Å². The lowest BCUT2D eigenvalue weighted by molar-refractivity contribution is -0.301. The number of phenols is 1. The second kappa shape index (κ2) is 5.73. The third kappa shape index (κ3) is 1.85. The number of benzene rings is 1. The van der Waals surface area contributed by atoms with Gasteiger partial charge in [-0.25, -0.2) is 0 Å². The fourth-order valence-corrected chi connectivity index (χ4v) is 9.09. The minimum absolute atomic E-state index is 0.0221. The molecular formula is C25H35NO4. The van der Waals surface area contributed by atoms with Gasteiger partial charge in [-0.15, -0.1) is 0 Å². The van der Waals surface area contributed by atoms with Crippen LogP contribution in [0.25, 0.3) is 0 Å². The lowest BCUT2D eigenvalue weighted by Gasteiger charge is -2.74. The average Bonchev–Trinajstić information content (AvgIpc) is 3.09. The lowest BCUT2D eigenvalue weighted by atomic mass is 9.33. The number of phenolic OH excluding ortho intramolecular Hbond substituents is 1. The van der Waals surface area contributed by atoms with E-state index in [1.807, 2.05) is 20.1 Å². The highest BCUT2D eigenvalue weighted by Gasteiger charge is 2.81. The van der Waals surface area contributed by atoms with Gasteiger partial charge in [0.2, 0.25) is 0 Å². The molecule has 0 aromatic heterocycles. The monoisotopic (exact) mass is 413 g/mol. The third-order valence-corrected chi connectivity index (χ3v) is 10.1. The van der Waals surface area contributed by atoms with Gasteiger partial charge in [-0.1, -0.05) is 19.4 Å². The number of aromatic hydroxyl groups is 1. The number of hydrogen-bond acceptors (Lipinski definition) is 5. The second-order valence-electron chi connectivity index (χ2n) is 11.0. The van der Waals surface area contributed by atoms with Crippen LogP contribution in [-0.4, -0.2) is 59.2 Å². The zero-order valence-electron chi connectivity index (χ0n) is 18.7. The van der Waals surface area contributed by atoms with Crippen molar-refractivity contribution in [2.24, 2.45) is 11.3 Å². The van der Waals surface area contributed by atoms with Gasteiger partial charge in [0.1, 0.15) is 11.7 Å². The molecule has 4 aliphatic carbocycles. The van der Waals surface area contributed by atoms with Crippen LogP contribution in [0.4, 0.5) is 0 Å². The van der Waals surface area contributed by atoms with Crippen LogP contribution in [0, 0.1) is 11.3 Å². The van der Waals surface area contributed by atoms with E-state index in [-0.39, 0.29) is 28.6 Å². The Morgan fingerprint density at radius 1 is 1.30 bits per heavy atom. The topological polar surface area (TPSA) is 62.2 Å². The number of ether oxygens (including phenoxy) is 2. The van der Waals surface area contributed by atoms with Crippen molar-refractivity contribution in [1.29, 1.82) is 0 Å². The quantitative estimate of drug-likeness (QED) is 0.792. The molecule has 2 spiro atoms. The van der Waals surface area contributed by atoms with Crippen molar-refractivity contribution in [2.75, 3.05) is 20.7 Å². The predicted molar refractivity (Wildman–Crippen MR) is 114 cm³/mol. The van der Waals surface area contributed by atoms with Crippen molar-refractivity contribution in [3.05, 3.63) is 23.3 Å². The highest BCUT2D eigenvalue weighted by Crippen LogP contribution is 2.77. The molecule has 4 fully saturated rings. The molecule has 7 rings (SSSR count). The standard InChI is InChI=1S/C25H35NO4/c1-5-8-22(2,28)17-14-23-9-10-25(17,29-4)21-24(23)11-12-26(3)18(23)13-15-6-7-16(27)20(30-21)19(15)24/h6-7,17-18,21,27-28H,5,8-14H2,1-4H3/t17-,18+,21+,22?,23-,24-,25+/m0/s1. The molecule has 0 radical (unpaired) electrons. The molecule has 6 aliphatic rings. The summed E-state index contributed by atoms with van der Waals surface area (Å²) < 4.78 is 13.2. The van der Waals surface area contributed by atoms with E-state index in [0.29, 0.717) is 11.8 Å². The van der Waals surface area contributed by atoms with Gasteiger partial charge in [0.25, 0.3) is 0 Å². The Hall–Kier alpha value is -1.30. The van der Waals surface area contributed by atoms with Crippen LogP contribution in [-0.2, 0) is 16.6 Å². The largest absolute Gasteiger partial charge is 0.504 e. The molecule has 164 valence electrons. The Balaban J connectivity index is 1.64. The molecule has 30 heavy (non-hydrogen) atoms. The minimum atomic E-state index is -0.798. The smallest absolute Gasteiger partial charge is 0.165 e. The van der Waals surface area contributed by atoms with Crippen molar-refractivity contribution in [3.63, 3.8) is 0 Å². The molecule has 2 aliphatic heterocycles. The summed E-state index contributed by atoms with van der Waals surface area (Å²) >= 11 is 0. The van der Waals surface area contributed by atoms with E-state index in [1.54, 1.807) is 0 Å². The molecule has 4 bridgehead atoms. The van der Waals surface area contributed by atoms with E-state index < -0.39 is 11.2 Å². The fraction of sp³-hybridized carbons (Fsp3) is 0.760. The van der Waals surface area contributed by atoms with Gasteiger partial charge >= 0.3 is 0 Å². The number of fused-ring (bicyclic) bond motifs is 2. The van der Waals surface area contributed by atoms with Crippen molar-refractivity contribution in [3.8, 4) is 11.5 Å². The molecular weight excluding hydrogens is 378 g/mol. The SMILES string of the molecule is CCCC(C)(O)[C@@H]1C[C@]23CC[C@]1(OC)[C@@H]1Oc4c(O)ccc5c4[C@@]12CCN(C)[C@@H]3C5. The number of hydrogen-bond donors (Lipinski definition) is 2. The predicted octanol–water partition coefficient (Wildman–Crippen LogP) is 3.39. The van der Waals surface area contributed by atoms with E-state index in [0.717, 1.165) is 51.5 Å². The summed E-state index contributed by atoms with van der Waals surface area (Å²) in [4.78, 5) is 2.56. The number of likely N-dealkylation sites (tertiary alicyclic amines) is 1. The van der Waals surface area contributed by atoms with E-state index in [1.165, 1.54) is 11.1 Å². The number of aliphatic hydroxyl groups is 1. The minimum Gasteiger partial charge on any atom is -0.504 e. The highest BCUT2D eigenvalue weighted by atomic mass is 16.6. The van der Waals surface area contributed by atoms with Crippen LogP contribution < -0.4 is 4.74 Å². The first kappa shape index (κ1) is 19.4. The molecule has 1 unspecified atom stereocenters. The van der Waals surface area contributed by atoms with E-state index >= 15 is 0 Å². The summed E-state index contributed by atoms with van der Waals surface area (Å²) in [6.07, 6.45) is 6.57. The van der Waals surface area contributed by atoms with Gasteiger partial charge in [0.15, 0.2) is 11.5 Å². The molecule has 1 aromatic rings. The normalized spacial score (nSPS) is 45.0. The number of methoxy groups -OCH3 is 1. The highest BCUT2D eigenvalue weighted by molar-refractivity contribution is 5.63. The second-order valence-corrected chi connectivity index (χ2v) is 11.0. The number of likely N-dealkylation sites (N-methyl/N-ethyl adjacent to an activating group) is 1. The number of rotatable bonds is 4. The molecule has 0 amide bonds. The van der Waals surface area contributed by atoms with E-state index in [2.05, 4.69) is 24.9 Å². The van der Waals surface area contributed by atoms with E-state index in [9.17, 15) is 10.2 Å². The maximum atomic E-state index is 11.7. The van der Waals surface area contributed by atoms with Crippen molar-refractivity contribution in [1.82, 2.24) is 4.90 Å². The molecule has 2 N–H and O–H groups in total. The summed E-state index contributed by atoms with van der Waals surface area (Å²) in [5.74, 6) is 0.977. The Kier molecular flexibility index (Phi) is 3.70. The van der Waals surface area contributed by atoms with Gasteiger partial charge < -0.3 is 24.6 Å². The first-order valence-corrected chi connectivity index (χ1v) is 11.8. The zero-order chi connectivity index (χ0) is 21.1. The molecule has 7 atom stereocenters. The van der Waals surface area contributed by atoms with Gasteiger partial charge in [-0.3, -0.25) is 0 Å². The lowest BCUT2D eigenvalue weighted by Crippen LogP contribution is -2.82. The van der Waals surface area contributed by atoms with Crippen LogP contribution in [0.5, 0.6) is 11.5 Å². The van der Waals surface area contributed by atoms with Crippen molar-refractivity contribution < 1.29 is 19.7 Å². The first-order chi connectivity index (χ1) is 14.3. The summed E-state index contributed by atoms with van der Waals surface area (Å²) in [7, 11) is 4.09. The molecule has 3 saturated carbocycles. The maximum absolute atomic E-state index is 11.7. The maximum Gasteiger partial charge on any atom is 0.165 e. The van der Waals surface area contributed by atoms with Crippen LogP contribution in [0.3, 0.4) is 0 Å². The average molecular weight is 414 g/mol. The summed E-state index contributed by atoms with van der Waals surface area (Å²) in [6.45, 7) is 5.19. The molecule has 5 heteroatoms. The summed E-state index contributed by atoms with van der Waals surface area (Å²) in [5, 5.41) is 22.5. The Bertz CT molecular complexity index is 915. The van der Waals surface area contributed by atoms with Crippen LogP contribution >= 0.6 is 0 Å². The van der Waals surface area contributed by atoms with Crippen LogP contribution in [0.15, 0.2) is 12.1 Å². The number of nitrogens with zero attached hydrogens (tertiary/aromatic N) is 1. The van der Waals surface area contributed by atoms with Crippen LogP contribution in [0.2, 0.25) is 0 Å². The Morgan fingerprint density at radius 2 is 2.10 bits per heavy atom. The summed E-state index contributed by atoms with van der Waals surface area (Å²) in [6, 6.07) is 4.37. The van der Waals surface area contributed by atoms with Gasteiger partial charge in [-0.2, -0.15) is 0 Å². The molecule has 5 nitrogen and oxygen atoms in total. The molecule has 1 aromatic carbocycles. The first-order valence-electron chi connectivity index (χ1n) is 11.8. The molecule has 1 saturated heterocycles. The Labute approximate surface area is 179 Å². The zero-order valence-corrected chi connectivity index (χ0v) is 18.7. The van der Waals surface area contributed by atoms with Gasteiger partial charge in [0.05, 0.1) is 5.60 Å². The van der Waals surface area contributed by atoms with E-state index in [4.69, 9.17) is 9.47 Å². The number of piperidine rings is 1. The Morgan fingerprint density at radius 3 is 2.83 bits per heavy atom. The third-order valence-electron chi connectivity index (χ3n) is 10.1. The van der Waals surface area contributed by atoms with Crippen LogP contribution in [0.1, 0.15) is 63.5 Å². The fourth-order valence-electron chi connectivity index (χ4n) is 9.09. The molecule has 2 heterocycles. The van der Waals surface area contributed by atoms with Gasteiger partial charge in [0, 0.05) is 35.5 Å². The van der Waals surface area contributed by atoms with Gasteiger partial charge in [-0.05, 0) is 70.7 Å².